The van der Waals surface area contributed by atoms with E-state index < -0.39 is 10.0 Å². The summed E-state index contributed by atoms with van der Waals surface area (Å²) < 4.78 is 28.9. The molecule has 7 heteroatoms. The molecular weight excluding hydrogens is 446 g/mol. The smallest absolute Gasteiger partial charge is 0.261 e. The molecule has 3 N–H and O–H groups in total. The van der Waals surface area contributed by atoms with Crippen molar-refractivity contribution in [3.8, 4) is 17.1 Å². The van der Waals surface area contributed by atoms with Crippen molar-refractivity contribution in [2.45, 2.75) is 4.90 Å². The van der Waals surface area contributed by atoms with Crippen LogP contribution in [0.2, 0.25) is 0 Å². The Labute approximate surface area is 195 Å². The highest BCUT2D eigenvalue weighted by Crippen LogP contribution is 2.38. The van der Waals surface area contributed by atoms with Gasteiger partial charge in [-0.05, 0) is 53.2 Å². The summed E-state index contributed by atoms with van der Waals surface area (Å²) in [5.74, 6) is -0.0210. The van der Waals surface area contributed by atoms with Gasteiger partial charge >= 0.3 is 0 Å². The van der Waals surface area contributed by atoms with Crippen molar-refractivity contribution in [3.05, 3.63) is 97.1 Å². The fourth-order valence-electron chi connectivity index (χ4n) is 4.25. The molecule has 4 aromatic carbocycles. The maximum Gasteiger partial charge on any atom is 0.261 e. The third-order valence-corrected chi connectivity index (χ3v) is 7.30. The summed E-state index contributed by atoms with van der Waals surface area (Å²) in [7, 11) is -3.81. The van der Waals surface area contributed by atoms with Crippen molar-refractivity contribution in [3.63, 3.8) is 0 Å². The van der Waals surface area contributed by atoms with Gasteiger partial charge in [0, 0.05) is 22.0 Å². The van der Waals surface area contributed by atoms with Crippen LogP contribution in [-0.2, 0) is 10.0 Å². The van der Waals surface area contributed by atoms with Gasteiger partial charge in [-0.2, -0.15) is 0 Å². The average Bonchev–Trinajstić information content (AvgIpc) is 3.18. The van der Waals surface area contributed by atoms with Gasteiger partial charge in [-0.3, -0.25) is 4.72 Å². The Morgan fingerprint density at radius 1 is 0.765 bits per heavy atom. The number of anilines is 1. The highest BCUT2D eigenvalue weighted by Gasteiger charge is 2.18. The van der Waals surface area contributed by atoms with Gasteiger partial charge in [-0.1, -0.05) is 54.6 Å². The van der Waals surface area contributed by atoms with E-state index in [0.717, 1.165) is 21.7 Å². The Kier molecular flexibility index (Phi) is 4.53. The van der Waals surface area contributed by atoms with Crippen LogP contribution < -0.4 is 4.72 Å². The minimum atomic E-state index is -3.81. The van der Waals surface area contributed by atoms with Crippen LogP contribution in [-0.4, -0.2) is 23.5 Å². The number of nitrogens with zero attached hydrogens (tertiary/aromatic N) is 1. The molecule has 6 rings (SSSR count). The first kappa shape index (κ1) is 20.3. The number of aromatic amines is 1. The SMILES string of the molecule is O=S(=O)(Nc1ccc2[nH]c(O)c(-c3ccc4ccccc4n3)c2c1)c1ccc2ccccc2c1. The van der Waals surface area contributed by atoms with Crippen LogP contribution in [0.1, 0.15) is 0 Å². The highest BCUT2D eigenvalue weighted by atomic mass is 32.2. The first-order chi connectivity index (χ1) is 16.5. The lowest BCUT2D eigenvalue weighted by atomic mass is 10.1. The molecule has 0 aliphatic rings. The molecule has 0 atom stereocenters. The number of fused-ring (bicyclic) bond motifs is 3. The minimum Gasteiger partial charge on any atom is -0.494 e. The number of benzene rings is 4. The molecule has 34 heavy (non-hydrogen) atoms. The molecule has 2 heterocycles. The van der Waals surface area contributed by atoms with Crippen LogP contribution in [0.4, 0.5) is 5.69 Å². The van der Waals surface area contributed by atoms with E-state index >= 15 is 0 Å². The van der Waals surface area contributed by atoms with Gasteiger partial charge in [0.1, 0.15) is 0 Å². The van der Waals surface area contributed by atoms with Crippen LogP contribution in [0.5, 0.6) is 5.88 Å². The van der Waals surface area contributed by atoms with E-state index in [1.165, 1.54) is 0 Å². The van der Waals surface area contributed by atoms with Gasteiger partial charge in [0.05, 0.1) is 21.7 Å². The zero-order chi connectivity index (χ0) is 23.3. The summed E-state index contributed by atoms with van der Waals surface area (Å²) in [5.41, 5.74) is 2.99. The quantitative estimate of drug-likeness (QED) is 0.296. The number of aromatic nitrogens is 2. The third-order valence-electron chi connectivity index (χ3n) is 5.92. The predicted octanol–water partition coefficient (Wildman–Crippen LogP) is 6.04. The molecule has 0 aliphatic heterocycles. The fraction of sp³-hybridized carbons (Fsp3) is 0. The Balaban J connectivity index is 1.42. The van der Waals surface area contributed by atoms with E-state index in [1.54, 1.807) is 36.4 Å². The lowest BCUT2D eigenvalue weighted by Crippen LogP contribution is -2.12. The number of nitrogens with one attached hydrogen (secondary N) is 2. The molecule has 0 saturated heterocycles. The van der Waals surface area contributed by atoms with Gasteiger partial charge in [0.15, 0.2) is 5.88 Å². The summed E-state index contributed by atoms with van der Waals surface area (Å²) in [6.07, 6.45) is 0. The number of sulfonamides is 1. The first-order valence-corrected chi connectivity index (χ1v) is 12.2. The number of para-hydroxylation sites is 1. The molecule has 6 nitrogen and oxygen atoms in total. The number of aromatic hydroxyl groups is 1. The van der Waals surface area contributed by atoms with E-state index in [4.69, 9.17) is 4.98 Å². The van der Waals surface area contributed by atoms with Gasteiger partial charge in [-0.25, -0.2) is 13.4 Å². The Bertz CT molecular complexity index is 1820. The lowest BCUT2D eigenvalue weighted by molar-refractivity contribution is 0.460. The number of H-pyrrole nitrogens is 1. The molecule has 0 bridgehead atoms. The molecule has 0 fully saturated rings. The molecule has 0 aliphatic carbocycles. The number of pyridine rings is 1. The van der Waals surface area contributed by atoms with E-state index in [1.807, 2.05) is 60.7 Å². The van der Waals surface area contributed by atoms with E-state index in [9.17, 15) is 13.5 Å². The fourth-order valence-corrected chi connectivity index (χ4v) is 5.34. The molecule has 0 saturated carbocycles. The van der Waals surface area contributed by atoms with Gasteiger partial charge in [-0.15, -0.1) is 0 Å². The monoisotopic (exact) mass is 465 g/mol. The molecule has 166 valence electrons. The maximum atomic E-state index is 13.1. The molecular formula is C27H19N3O3S. The van der Waals surface area contributed by atoms with Crippen molar-refractivity contribution in [1.29, 1.82) is 0 Å². The largest absolute Gasteiger partial charge is 0.494 e. The van der Waals surface area contributed by atoms with Crippen molar-refractivity contribution >= 4 is 48.3 Å². The van der Waals surface area contributed by atoms with Gasteiger partial charge in [0.25, 0.3) is 10.0 Å². The van der Waals surface area contributed by atoms with Crippen LogP contribution in [0.3, 0.4) is 0 Å². The van der Waals surface area contributed by atoms with Crippen LogP contribution in [0.25, 0.3) is 43.8 Å². The molecule has 6 aromatic rings. The van der Waals surface area contributed by atoms with Crippen molar-refractivity contribution in [2.24, 2.45) is 0 Å². The Hall–Kier alpha value is -4.36. The van der Waals surface area contributed by atoms with Crippen LogP contribution >= 0.6 is 0 Å². The Morgan fingerprint density at radius 3 is 2.35 bits per heavy atom. The number of hydrogen-bond acceptors (Lipinski definition) is 4. The minimum absolute atomic E-state index is 0.0210. The summed E-state index contributed by atoms with van der Waals surface area (Å²) in [6, 6.07) is 29.3. The maximum absolute atomic E-state index is 13.1. The van der Waals surface area contributed by atoms with Crippen LogP contribution in [0, 0.1) is 0 Å². The molecule has 0 radical (unpaired) electrons. The van der Waals surface area contributed by atoms with E-state index in [2.05, 4.69) is 9.71 Å². The molecule has 0 amide bonds. The molecule has 0 unspecified atom stereocenters. The predicted molar refractivity (Wildman–Crippen MR) is 135 cm³/mol. The first-order valence-electron chi connectivity index (χ1n) is 10.7. The lowest BCUT2D eigenvalue weighted by Gasteiger charge is -2.10. The van der Waals surface area contributed by atoms with Gasteiger partial charge < -0.3 is 10.1 Å². The number of rotatable bonds is 4. The normalized spacial score (nSPS) is 11.9. The van der Waals surface area contributed by atoms with Crippen LogP contribution in [0.15, 0.2) is 102 Å². The molecule has 2 aromatic heterocycles. The summed E-state index contributed by atoms with van der Waals surface area (Å²) in [4.78, 5) is 7.82. The van der Waals surface area contributed by atoms with Gasteiger partial charge in [0.2, 0.25) is 0 Å². The zero-order valence-corrected chi connectivity index (χ0v) is 18.7. The number of hydrogen-bond donors (Lipinski definition) is 3. The standard InChI is InChI=1S/C27H19N3O3S/c31-27-26(25-13-10-18-6-3-4-8-23(18)28-25)22-16-20(11-14-24(22)29-27)30-34(32,33)21-12-9-17-5-1-2-7-19(17)15-21/h1-16,29-31H. The second kappa shape index (κ2) is 7.60. The summed E-state index contributed by atoms with van der Waals surface area (Å²) in [6.45, 7) is 0. The van der Waals surface area contributed by atoms with E-state index in [-0.39, 0.29) is 10.8 Å². The summed E-state index contributed by atoms with van der Waals surface area (Å²) in [5, 5.41) is 14.1. The summed E-state index contributed by atoms with van der Waals surface area (Å²) >= 11 is 0. The molecule has 0 spiro atoms. The average molecular weight is 466 g/mol. The second-order valence-corrected chi connectivity index (χ2v) is 9.80. The van der Waals surface area contributed by atoms with Crippen molar-refractivity contribution in [1.82, 2.24) is 9.97 Å². The zero-order valence-electron chi connectivity index (χ0n) is 17.9. The van der Waals surface area contributed by atoms with E-state index in [0.29, 0.717) is 27.8 Å². The van der Waals surface area contributed by atoms with Crippen molar-refractivity contribution < 1.29 is 13.5 Å². The second-order valence-electron chi connectivity index (χ2n) is 8.11. The van der Waals surface area contributed by atoms with Crippen molar-refractivity contribution in [2.75, 3.05) is 4.72 Å². The highest BCUT2D eigenvalue weighted by molar-refractivity contribution is 7.92. The topological polar surface area (TPSA) is 95.1 Å². The Morgan fingerprint density at radius 2 is 1.50 bits per heavy atom. The third kappa shape index (κ3) is 3.43.